The number of fused-ring (bicyclic) bond motifs is 1. The third-order valence-corrected chi connectivity index (χ3v) is 5.70. The summed E-state index contributed by atoms with van der Waals surface area (Å²) < 4.78 is 7.13. The Bertz CT molecular complexity index is 932. The first kappa shape index (κ1) is 18.4. The monoisotopic (exact) mass is 395 g/mol. The summed E-state index contributed by atoms with van der Waals surface area (Å²) in [4.78, 5) is 30.7. The highest BCUT2D eigenvalue weighted by molar-refractivity contribution is 7.20. The number of para-hydroxylation sites is 1. The number of carbonyl (C=O) groups excluding carboxylic acids is 2. The maximum atomic E-state index is 12.4. The minimum Gasteiger partial charge on any atom is -0.467 e. The van der Waals surface area contributed by atoms with E-state index in [-0.39, 0.29) is 24.5 Å². The van der Waals surface area contributed by atoms with Crippen molar-refractivity contribution in [3.05, 3.63) is 60.2 Å². The second kappa shape index (κ2) is 8.39. The van der Waals surface area contributed by atoms with Gasteiger partial charge in [0.25, 0.3) is 11.1 Å². The Morgan fingerprint density at radius 1 is 1.07 bits per heavy atom. The molecule has 2 heterocycles. The molecule has 1 aliphatic heterocycles. The summed E-state index contributed by atoms with van der Waals surface area (Å²) in [6.07, 6.45) is 1.58. The minimum absolute atomic E-state index is 0.0110. The highest BCUT2D eigenvalue weighted by atomic mass is 32.1. The van der Waals surface area contributed by atoms with Crippen molar-refractivity contribution < 1.29 is 14.3 Å². The number of nitrogens with zero attached hydrogens (tertiary/aromatic N) is 2. The summed E-state index contributed by atoms with van der Waals surface area (Å²) in [5, 5.41) is 3.37. The second-order valence-electron chi connectivity index (χ2n) is 6.69. The lowest BCUT2D eigenvalue weighted by molar-refractivity contribution is -0.131. The molecule has 2 amide bonds. The molecule has 6 nitrogen and oxygen atoms in total. The van der Waals surface area contributed by atoms with E-state index in [0.29, 0.717) is 23.8 Å². The van der Waals surface area contributed by atoms with E-state index in [0.717, 1.165) is 23.1 Å². The number of thiazole rings is 1. The Kier molecular flexibility index (Phi) is 5.53. The zero-order valence-corrected chi connectivity index (χ0v) is 16.2. The molecule has 0 saturated carbocycles. The van der Waals surface area contributed by atoms with Crippen LogP contribution < -0.4 is 10.1 Å². The Balaban J connectivity index is 1.24. The van der Waals surface area contributed by atoms with Crippen LogP contribution in [0.25, 0.3) is 10.2 Å². The molecular weight excluding hydrogens is 374 g/mol. The van der Waals surface area contributed by atoms with Gasteiger partial charge < -0.3 is 15.0 Å². The van der Waals surface area contributed by atoms with E-state index in [4.69, 9.17) is 4.74 Å². The average molecular weight is 395 g/mol. The molecule has 0 atom stereocenters. The number of hydrogen-bond acceptors (Lipinski definition) is 5. The molecule has 7 heteroatoms. The predicted octanol–water partition coefficient (Wildman–Crippen LogP) is 3.10. The third-order valence-electron chi connectivity index (χ3n) is 4.77. The van der Waals surface area contributed by atoms with E-state index >= 15 is 0 Å². The topological polar surface area (TPSA) is 71.5 Å². The summed E-state index contributed by atoms with van der Waals surface area (Å²) in [6, 6.07) is 16.9. The minimum atomic E-state index is -0.233. The maximum Gasteiger partial charge on any atom is 0.274 e. The van der Waals surface area contributed by atoms with Crippen LogP contribution in [0.15, 0.2) is 54.6 Å². The largest absolute Gasteiger partial charge is 0.467 e. The van der Waals surface area contributed by atoms with E-state index in [1.54, 1.807) is 40.5 Å². The number of amides is 2. The van der Waals surface area contributed by atoms with E-state index in [2.05, 4.69) is 10.3 Å². The average Bonchev–Trinajstić information content (AvgIpc) is 3.15. The van der Waals surface area contributed by atoms with E-state index in [9.17, 15) is 9.59 Å². The van der Waals surface area contributed by atoms with Gasteiger partial charge in [-0.15, -0.1) is 0 Å². The van der Waals surface area contributed by atoms with Gasteiger partial charge in [0.2, 0.25) is 5.91 Å². The number of benzene rings is 2. The molecule has 0 unspecified atom stereocenters. The van der Waals surface area contributed by atoms with Gasteiger partial charge in [0.05, 0.1) is 16.8 Å². The standard InChI is InChI=1S/C21H21N3O3S/c25-19(14-22-20(26)15-6-2-1-3-7-15)24-12-10-16(11-13-24)27-21-23-17-8-4-5-9-18(17)28-21/h1-9,16H,10-14H2,(H,22,26). The maximum absolute atomic E-state index is 12.4. The number of hydrogen-bond donors (Lipinski definition) is 1. The molecule has 2 aromatic carbocycles. The molecule has 0 bridgehead atoms. The summed E-state index contributed by atoms with van der Waals surface area (Å²) in [5.41, 5.74) is 1.50. The van der Waals surface area contributed by atoms with E-state index in [1.807, 2.05) is 30.3 Å². The Morgan fingerprint density at radius 2 is 1.79 bits per heavy atom. The van der Waals surface area contributed by atoms with Gasteiger partial charge in [0.15, 0.2) is 0 Å². The summed E-state index contributed by atoms with van der Waals surface area (Å²) in [6.45, 7) is 1.25. The van der Waals surface area contributed by atoms with Gasteiger partial charge in [-0.2, -0.15) is 0 Å². The smallest absolute Gasteiger partial charge is 0.274 e. The van der Waals surface area contributed by atoms with Crippen LogP contribution in [0, 0.1) is 0 Å². The zero-order chi connectivity index (χ0) is 19.3. The lowest BCUT2D eigenvalue weighted by Gasteiger charge is -2.31. The summed E-state index contributed by atoms with van der Waals surface area (Å²) in [7, 11) is 0. The van der Waals surface area contributed by atoms with Crippen molar-refractivity contribution in [3.8, 4) is 5.19 Å². The fraction of sp³-hybridized carbons (Fsp3) is 0.286. The molecule has 1 fully saturated rings. The number of nitrogens with one attached hydrogen (secondary N) is 1. The number of carbonyl (C=O) groups is 2. The molecule has 28 heavy (non-hydrogen) atoms. The van der Waals surface area contributed by atoms with Gasteiger partial charge in [-0.05, 0) is 24.3 Å². The van der Waals surface area contributed by atoms with Gasteiger partial charge >= 0.3 is 0 Å². The van der Waals surface area contributed by atoms with Crippen molar-refractivity contribution in [3.63, 3.8) is 0 Å². The van der Waals surface area contributed by atoms with Crippen LogP contribution >= 0.6 is 11.3 Å². The second-order valence-corrected chi connectivity index (χ2v) is 7.69. The van der Waals surface area contributed by atoms with Crippen molar-refractivity contribution in [2.45, 2.75) is 18.9 Å². The van der Waals surface area contributed by atoms with Crippen molar-refractivity contribution in [1.82, 2.24) is 15.2 Å². The van der Waals surface area contributed by atoms with Crippen molar-refractivity contribution in [2.75, 3.05) is 19.6 Å². The zero-order valence-electron chi connectivity index (χ0n) is 15.3. The number of ether oxygens (including phenoxy) is 1. The molecule has 4 rings (SSSR count). The SMILES string of the molecule is O=C(NCC(=O)N1CCC(Oc2nc3ccccc3s2)CC1)c1ccccc1. The van der Waals surface area contributed by atoms with Crippen LogP contribution in [-0.2, 0) is 4.79 Å². The molecule has 1 aromatic heterocycles. The predicted molar refractivity (Wildman–Crippen MR) is 109 cm³/mol. The molecular formula is C21H21N3O3S. The van der Waals surface area contributed by atoms with Crippen LogP contribution in [0.3, 0.4) is 0 Å². The van der Waals surface area contributed by atoms with Gasteiger partial charge in [0, 0.05) is 31.5 Å². The lowest BCUT2D eigenvalue weighted by atomic mass is 10.1. The van der Waals surface area contributed by atoms with Crippen molar-refractivity contribution >= 4 is 33.4 Å². The Labute approximate surface area is 167 Å². The molecule has 0 aliphatic carbocycles. The highest BCUT2D eigenvalue weighted by Gasteiger charge is 2.25. The van der Waals surface area contributed by atoms with Gasteiger partial charge in [-0.3, -0.25) is 9.59 Å². The fourth-order valence-corrected chi connectivity index (χ4v) is 4.11. The molecule has 1 aliphatic rings. The summed E-state index contributed by atoms with van der Waals surface area (Å²) in [5.74, 6) is -0.300. The molecule has 1 saturated heterocycles. The normalized spacial score (nSPS) is 14.8. The number of likely N-dealkylation sites (tertiary alicyclic amines) is 1. The first-order valence-electron chi connectivity index (χ1n) is 9.32. The van der Waals surface area contributed by atoms with Gasteiger partial charge in [-0.25, -0.2) is 4.98 Å². The van der Waals surface area contributed by atoms with Crippen LogP contribution in [0.2, 0.25) is 0 Å². The molecule has 1 N–H and O–H groups in total. The summed E-state index contributed by atoms with van der Waals surface area (Å²) >= 11 is 1.55. The molecule has 3 aromatic rings. The quantitative estimate of drug-likeness (QED) is 0.721. The molecule has 0 spiro atoms. The third kappa shape index (κ3) is 4.31. The van der Waals surface area contributed by atoms with Crippen LogP contribution in [0.5, 0.6) is 5.19 Å². The van der Waals surface area contributed by atoms with Gasteiger partial charge in [-0.1, -0.05) is 41.7 Å². The fourth-order valence-electron chi connectivity index (χ4n) is 3.23. The highest BCUT2D eigenvalue weighted by Crippen LogP contribution is 2.29. The number of rotatable bonds is 5. The molecule has 144 valence electrons. The van der Waals surface area contributed by atoms with Crippen LogP contribution in [0.4, 0.5) is 0 Å². The molecule has 0 radical (unpaired) electrons. The first-order chi connectivity index (χ1) is 13.7. The van der Waals surface area contributed by atoms with E-state index < -0.39 is 0 Å². The number of piperidine rings is 1. The van der Waals surface area contributed by atoms with Gasteiger partial charge in [0.1, 0.15) is 6.10 Å². The first-order valence-corrected chi connectivity index (χ1v) is 10.1. The van der Waals surface area contributed by atoms with Crippen molar-refractivity contribution in [2.24, 2.45) is 0 Å². The van der Waals surface area contributed by atoms with Crippen LogP contribution in [0.1, 0.15) is 23.2 Å². The van der Waals surface area contributed by atoms with Crippen molar-refractivity contribution in [1.29, 1.82) is 0 Å². The van der Waals surface area contributed by atoms with Crippen LogP contribution in [-0.4, -0.2) is 47.4 Å². The Morgan fingerprint density at radius 3 is 2.54 bits per heavy atom. The lowest BCUT2D eigenvalue weighted by Crippen LogP contribution is -2.46. The number of aromatic nitrogens is 1. The Hall–Kier alpha value is -2.93. The van der Waals surface area contributed by atoms with E-state index in [1.165, 1.54) is 0 Å².